The van der Waals surface area contributed by atoms with Gasteiger partial charge in [0.1, 0.15) is 25.9 Å². The lowest BCUT2D eigenvalue weighted by Crippen LogP contribution is -2.51. The summed E-state index contributed by atoms with van der Waals surface area (Å²) >= 11 is 0. The number of hydrogen-bond acceptors (Lipinski definition) is 9. The van der Waals surface area contributed by atoms with E-state index in [4.69, 9.17) is 14.2 Å². The Hall–Kier alpha value is -4.97. The summed E-state index contributed by atoms with van der Waals surface area (Å²) in [6.45, 7) is 6.36. The number of alkyl carbamates (subject to hydrolysis) is 1. The zero-order chi connectivity index (χ0) is 34.8. The Morgan fingerprint density at radius 1 is 0.771 bits per heavy atom. The minimum Gasteiger partial charge on any atom is -0.461 e. The SMILES string of the molecule is C=CC[C@H](CC(=O)NC1(CO)CCCC1)C(=O)N[C@H](COC(=O)[C@@H](CC=C)NC(=O)OCc1ccccc1)C(=O)OCc1ccccc1. The third-order valence-corrected chi connectivity index (χ3v) is 7.93. The second-order valence-electron chi connectivity index (χ2n) is 11.7. The normalized spacial score (nSPS) is 15.1. The Morgan fingerprint density at radius 2 is 1.33 bits per heavy atom. The maximum absolute atomic E-state index is 13.4. The first kappa shape index (κ1) is 37.5. The van der Waals surface area contributed by atoms with Crippen LogP contribution in [0.4, 0.5) is 4.79 Å². The molecule has 2 aromatic carbocycles. The largest absolute Gasteiger partial charge is 0.461 e. The van der Waals surface area contributed by atoms with Crippen molar-refractivity contribution < 1.29 is 43.3 Å². The summed E-state index contributed by atoms with van der Waals surface area (Å²) < 4.78 is 16.0. The van der Waals surface area contributed by atoms with Crippen LogP contribution in [-0.2, 0) is 46.6 Å². The number of aliphatic hydroxyl groups is 1. The lowest BCUT2D eigenvalue weighted by atomic mass is 9.95. The van der Waals surface area contributed by atoms with Gasteiger partial charge in [0.2, 0.25) is 11.8 Å². The maximum atomic E-state index is 13.4. The summed E-state index contributed by atoms with van der Waals surface area (Å²) in [5.41, 5.74) is 0.735. The molecule has 1 aliphatic carbocycles. The van der Waals surface area contributed by atoms with Crippen molar-refractivity contribution in [3.63, 3.8) is 0 Å². The topological polar surface area (TPSA) is 169 Å². The minimum absolute atomic E-state index is 0.000596. The Labute approximate surface area is 280 Å². The summed E-state index contributed by atoms with van der Waals surface area (Å²) in [5.74, 6) is -3.75. The molecule has 258 valence electrons. The maximum Gasteiger partial charge on any atom is 0.408 e. The van der Waals surface area contributed by atoms with Crippen LogP contribution >= 0.6 is 0 Å². The van der Waals surface area contributed by atoms with E-state index in [-0.39, 0.29) is 39.1 Å². The zero-order valence-electron chi connectivity index (χ0n) is 27.1. The first-order chi connectivity index (χ1) is 23.2. The molecule has 3 atom stereocenters. The van der Waals surface area contributed by atoms with Crippen molar-refractivity contribution in [1.29, 1.82) is 0 Å². The Morgan fingerprint density at radius 3 is 1.90 bits per heavy atom. The van der Waals surface area contributed by atoms with E-state index >= 15 is 0 Å². The van der Waals surface area contributed by atoms with Crippen molar-refractivity contribution in [2.45, 2.75) is 75.8 Å². The van der Waals surface area contributed by atoms with Gasteiger partial charge in [-0.2, -0.15) is 0 Å². The number of ether oxygens (including phenoxy) is 3. The second kappa shape index (κ2) is 19.6. The number of benzene rings is 2. The van der Waals surface area contributed by atoms with Crippen molar-refractivity contribution in [3.8, 4) is 0 Å². The second-order valence-corrected chi connectivity index (χ2v) is 11.7. The Balaban J connectivity index is 1.66. The highest BCUT2D eigenvalue weighted by Gasteiger charge is 2.36. The third-order valence-electron chi connectivity index (χ3n) is 7.93. The predicted molar refractivity (Wildman–Crippen MR) is 177 cm³/mol. The first-order valence-electron chi connectivity index (χ1n) is 16.0. The summed E-state index contributed by atoms with van der Waals surface area (Å²) in [7, 11) is 0. The average molecular weight is 664 g/mol. The van der Waals surface area contributed by atoms with E-state index in [0.717, 1.165) is 18.4 Å². The molecule has 1 aliphatic rings. The summed E-state index contributed by atoms with van der Waals surface area (Å²) in [6.07, 6.45) is 4.97. The van der Waals surface area contributed by atoms with Crippen molar-refractivity contribution in [1.82, 2.24) is 16.0 Å². The molecule has 1 fully saturated rings. The molecule has 0 bridgehead atoms. The van der Waals surface area contributed by atoms with E-state index < -0.39 is 60.0 Å². The minimum atomic E-state index is -1.44. The van der Waals surface area contributed by atoms with Gasteiger partial charge in [-0.25, -0.2) is 14.4 Å². The van der Waals surface area contributed by atoms with Gasteiger partial charge in [0, 0.05) is 6.42 Å². The molecule has 0 spiro atoms. The van der Waals surface area contributed by atoms with E-state index in [0.29, 0.717) is 18.4 Å². The number of amides is 3. The number of hydrogen-bond donors (Lipinski definition) is 4. The molecule has 12 nitrogen and oxygen atoms in total. The lowest BCUT2D eigenvalue weighted by molar-refractivity contribution is -0.156. The van der Waals surface area contributed by atoms with Gasteiger partial charge in [-0.15, -0.1) is 13.2 Å². The molecule has 12 heteroatoms. The van der Waals surface area contributed by atoms with Gasteiger partial charge in [-0.05, 0) is 36.8 Å². The number of carbonyl (C=O) groups excluding carboxylic acids is 5. The highest BCUT2D eigenvalue weighted by molar-refractivity contribution is 5.90. The molecule has 0 radical (unpaired) electrons. The molecule has 3 rings (SSSR count). The fourth-order valence-corrected chi connectivity index (χ4v) is 5.27. The van der Waals surface area contributed by atoms with Gasteiger partial charge >= 0.3 is 18.0 Å². The van der Waals surface area contributed by atoms with Crippen LogP contribution in [0.3, 0.4) is 0 Å². The van der Waals surface area contributed by atoms with E-state index in [1.54, 1.807) is 48.5 Å². The van der Waals surface area contributed by atoms with Crippen LogP contribution < -0.4 is 16.0 Å². The van der Waals surface area contributed by atoms with Crippen LogP contribution in [0.15, 0.2) is 86.0 Å². The zero-order valence-corrected chi connectivity index (χ0v) is 27.1. The molecule has 0 unspecified atom stereocenters. The van der Waals surface area contributed by atoms with Crippen LogP contribution in [0.2, 0.25) is 0 Å². The van der Waals surface area contributed by atoms with Crippen LogP contribution in [0.1, 0.15) is 56.1 Å². The molecule has 2 aromatic rings. The molecule has 0 saturated heterocycles. The quantitative estimate of drug-likeness (QED) is 0.0996. The van der Waals surface area contributed by atoms with Crippen molar-refractivity contribution in [2.75, 3.05) is 13.2 Å². The van der Waals surface area contributed by atoms with Crippen LogP contribution in [0, 0.1) is 5.92 Å². The monoisotopic (exact) mass is 663 g/mol. The van der Waals surface area contributed by atoms with Gasteiger partial charge in [-0.1, -0.05) is 85.7 Å². The Kier molecular flexibility index (Phi) is 15.3. The van der Waals surface area contributed by atoms with E-state index in [9.17, 15) is 29.1 Å². The summed E-state index contributed by atoms with van der Waals surface area (Å²) in [4.78, 5) is 65.1. The number of allylic oxidation sites excluding steroid dienone is 1. The number of carbonyl (C=O) groups is 5. The van der Waals surface area contributed by atoms with Gasteiger partial charge < -0.3 is 35.3 Å². The van der Waals surface area contributed by atoms with Crippen molar-refractivity contribution >= 4 is 29.8 Å². The molecule has 0 aromatic heterocycles. The molecule has 0 aliphatic heterocycles. The highest BCUT2D eigenvalue weighted by Crippen LogP contribution is 2.29. The standard InChI is InChI=1S/C36H45N3O9/c1-3-13-28(21-31(41)39-36(25-40)19-11-12-20-36)32(42)37-30(34(44)46-22-26-15-7-5-8-16-26)24-47-33(43)29(14-4-2)38-35(45)48-23-27-17-9-6-10-18-27/h3-10,15-18,28-30,40H,1-2,11-14,19-25H2,(H,37,42)(H,38,45)(H,39,41)/t28-,29-,30-/m1/s1. The van der Waals surface area contributed by atoms with Crippen molar-refractivity contribution in [3.05, 3.63) is 97.1 Å². The Bertz CT molecular complexity index is 1380. The fraction of sp³-hybridized carbons (Fsp3) is 0.417. The predicted octanol–water partition coefficient (Wildman–Crippen LogP) is 3.63. The molecule has 4 N–H and O–H groups in total. The van der Waals surface area contributed by atoms with E-state index in [1.165, 1.54) is 12.2 Å². The van der Waals surface area contributed by atoms with Crippen LogP contribution in [0.25, 0.3) is 0 Å². The molecule has 1 saturated carbocycles. The molecule has 0 heterocycles. The number of aliphatic hydroxyl groups excluding tert-OH is 1. The lowest BCUT2D eigenvalue weighted by Gasteiger charge is -2.29. The van der Waals surface area contributed by atoms with Gasteiger partial charge in [0.15, 0.2) is 6.04 Å². The molecular formula is C36H45N3O9. The average Bonchev–Trinajstić information content (AvgIpc) is 3.57. The third kappa shape index (κ3) is 12.3. The number of rotatable bonds is 19. The smallest absolute Gasteiger partial charge is 0.408 e. The first-order valence-corrected chi connectivity index (χ1v) is 16.0. The van der Waals surface area contributed by atoms with Crippen LogP contribution in [0.5, 0.6) is 0 Å². The fourth-order valence-electron chi connectivity index (χ4n) is 5.27. The highest BCUT2D eigenvalue weighted by atomic mass is 16.6. The molecular weight excluding hydrogens is 618 g/mol. The number of esters is 2. The van der Waals surface area contributed by atoms with Gasteiger partial charge in [-0.3, -0.25) is 9.59 Å². The molecule has 3 amide bonds. The van der Waals surface area contributed by atoms with E-state index in [1.807, 2.05) is 12.1 Å². The molecule has 48 heavy (non-hydrogen) atoms. The summed E-state index contributed by atoms with van der Waals surface area (Å²) in [5, 5.41) is 17.8. The van der Waals surface area contributed by atoms with E-state index in [2.05, 4.69) is 29.1 Å². The van der Waals surface area contributed by atoms with Crippen molar-refractivity contribution in [2.24, 2.45) is 5.92 Å². The summed E-state index contributed by atoms with van der Waals surface area (Å²) in [6, 6.07) is 15.2. The number of nitrogens with one attached hydrogen (secondary N) is 3. The van der Waals surface area contributed by atoms with Crippen LogP contribution in [-0.4, -0.2) is 65.8 Å². The van der Waals surface area contributed by atoms with Gasteiger partial charge in [0.25, 0.3) is 0 Å². The van der Waals surface area contributed by atoms with Gasteiger partial charge in [0.05, 0.1) is 18.1 Å².